The number of rotatable bonds is 7. The van der Waals surface area contributed by atoms with E-state index in [9.17, 15) is 27.9 Å². The average Bonchev–Trinajstić information content (AvgIpc) is 2.86. The van der Waals surface area contributed by atoms with Gasteiger partial charge in [0.15, 0.2) is 11.6 Å². The molecule has 8 nitrogen and oxygen atoms in total. The molecule has 5 rings (SSSR count). The third-order valence-electron chi connectivity index (χ3n) is 8.10. The molecule has 0 saturated carbocycles. The number of hydrogen-bond donors (Lipinski definition) is 1. The normalized spacial score (nSPS) is 20.4. The van der Waals surface area contributed by atoms with E-state index in [-0.39, 0.29) is 58.8 Å². The van der Waals surface area contributed by atoms with Crippen molar-refractivity contribution in [2.75, 3.05) is 6.54 Å². The summed E-state index contributed by atoms with van der Waals surface area (Å²) in [6.45, 7) is 8.10. The lowest BCUT2D eigenvalue weighted by Crippen LogP contribution is -2.45. The van der Waals surface area contributed by atoms with Crippen molar-refractivity contribution in [2.45, 2.75) is 70.6 Å². The quantitative estimate of drug-likeness (QED) is 0.364. The van der Waals surface area contributed by atoms with E-state index in [0.29, 0.717) is 46.0 Å². The lowest BCUT2D eigenvalue weighted by atomic mass is 9.63. The van der Waals surface area contributed by atoms with E-state index in [0.717, 1.165) is 0 Å². The third kappa shape index (κ3) is 5.77. The van der Waals surface area contributed by atoms with Gasteiger partial charge in [-0.25, -0.2) is 0 Å². The molecule has 42 heavy (non-hydrogen) atoms. The van der Waals surface area contributed by atoms with Crippen LogP contribution in [-0.2, 0) is 24.5 Å². The van der Waals surface area contributed by atoms with Gasteiger partial charge in [-0.15, -0.1) is 0 Å². The first-order valence-corrected chi connectivity index (χ1v) is 15.7. The summed E-state index contributed by atoms with van der Waals surface area (Å²) in [6, 6.07) is 12.2. The van der Waals surface area contributed by atoms with Crippen molar-refractivity contribution >= 4 is 39.3 Å². The topological polar surface area (TPSA) is 118 Å². The van der Waals surface area contributed by atoms with E-state index in [1.54, 1.807) is 18.2 Å². The zero-order chi connectivity index (χ0) is 30.6. The van der Waals surface area contributed by atoms with E-state index in [1.807, 2.05) is 32.6 Å². The number of carboxylic acid groups (broad SMARTS) is 1. The molecular formula is C32H34ClNO7S. The van der Waals surface area contributed by atoms with E-state index < -0.39 is 22.0 Å². The second kappa shape index (κ2) is 10.7. The average molecular weight is 612 g/mol. The van der Waals surface area contributed by atoms with Gasteiger partial charge in [0.05, 0.1) is 6.42 Å². The van der Waals surface area contributed by atoms with Crippen LogP contribution in [0.3, 0.4) is 0 Å². The molecule has 2 aliphatic carbocycles. The van der Waals surface area contributed by atoms with E-state index >= 15 is 0 Å². The first-order valence-electron chi connectivity index (χ1n) is 13.9. The fourth-order valence-electron chi connectivity index (χ4n) is 6.40. The predicted molar refractivity (Wildman–Crippen MR) is 158 cm³/mol. The maximum Gasteiger partial charge on any atom is 0.339 e. The van der Waals surface area contributed by atoms with Crippen molar-refractivity contribution in [2.24, 2.45) is 10.8 Å². The molecule has 10 heteroatoms. The molecule has 0 spiro atoms. The number of para-hydroxylation sites is 1. The number of carbonyl (C=O) groups is 3. The molecule has 0 atom stereocenters. The third-order valence-corrected chi connectivity index (χ3v) is 9.60. The van der Waals surface area contributed by atoms with Gasteiger partial charge in [0, 0.05) is 58.4 Å². The Morgan fingerprint density at radius 3 is 1.95 bits per heavy atom. The molecular weight excluding hydrogens is 578 g/mol. The minimum atomic E-state index is -4.28. The standard InChI is InChI=1S/C32H34ClNO7S/c1-31(2)15-22-29(24(35)17-31)28(30-23(34(22)14-13-27(37)38)16-32(3,4)18-25(30)36)21-7-5-6-8-26(21)41-42(39,40)20-11-9-19(33)10-12-20/h5-12,28H,13-18H2,1-4H3,(H,37,38). The smallest absolute Gasteiger partial charge is 0.339 e. The number of halogens is 1. The summed E-state index contributed by atoms with van der Waals surface area (Å²) in [5.74, 6) is -2.10. The molecule has 2 aromatic rings. The molecule has 0 saturated heterocycles. The number of nitrogens with zero attached hydrogens (tertiary/aromatic N) is 1. The minimum absolute atomic E-state index is 0.0189. The second-order valence-electron chi connectivity index (χ2n) is 12.9. The van der Waals surface area contributed by atoms with Gasteiger partial charge in [0.1, 0.15) is 10.6 Å². The maximum absolute atomic E-state index is 14.0. The fraction of sp³-hybridized carbons (Fsp3) is 0.406. The van der Waals surface area contributed by atoms with Crippen molar-refractivity contribution in [1.29, 1.82) is 0 Å². The highest BCUT2D eigenvalue weighted by atomic mass is 35.5. The van der Waals surface area contributed by atoms with Crippen LogP contribution >= 0.6 is 11.6 Å². The van der Waals surface area contributed by atoms with Crippen LogP contribution in [0.5, 0.6) is 5.75 Å². The molecule has 0 bridgehead atoms. The van der Waals surface area contributed by atoms with Crippen LogP contribution in [0, 0.1) is 10.8 Å². The van der Waals surface area contributed by atoms with E-state index in [4.69, 9.17) is 15.8 Å². The zero-order valence-electron chi connectivity index (χ0n) is 24.1. The highest BCUT2D eigenvalue weighted by Gasteiger charge is 2.49. The van der Waals surface area contributed by atoms with Crippen molar-refractivity contribution in [1.82, 2.24) is 4.90 Å². The number of ketones is 2. The number of benzene rings is 2. The summed E-state index contributed by atoms with van der Waals surface area (Å²) in [4.78, 5) is 41.4. The molecule has 0 aromatic heterocycles. The Kier molecular flexibility index (Phi) is 7.64. The van der Waals surface area contributed by atoms with Crippen molar-refractivity contribution < 1.29 is 32.1 Å². The summed E-state index contributed by atoms with van der Waals surface area (Å²) in [5, 5.41) is 9.93. The van der Waals surface area contributed by atoms with Gasteiger partial charge in [0.2, 0.25) is 0 Å². The summed E-state index contributed by atoms with van der Waals surface area (Å²) in [7, 11) is -4.28. The molecule has 0 radical (unpaired) electrons. The molecule has 0 unspecified atom stereocenters. The van der Waals surface area contributed by atoms with Gasteiger partial charge in [0.25, 0.3) is 0 Å². The van der Waals surface area contributed by atoms with Crippen LogP contribution in [0.2, 0.25) is 5.02 Å². The Labute approximate surface area is 251 Å². The number of carbonyl (C=O) groups excluding carboxylic acids is 2. The molecule has 222 valence electrons. The Bertz CT molecular complexity index is 1600. The molecule has 2 aromatic carbocycles. The highest BCUT2D eigenvalue weighted by molar-refractivity contribution is 7.87. The van der Waals surface area contributed by atoms with Crippen LogP contribution in [0.25, 0.3) is 0 Å². The van der Waals surface area contributed by atoms with E-state index in [2.05, 4.69) is 0 Å². The molecule has 0 amide bonds. The molecule has 1 heterocycles. The number of hydrogen-bond acceptors (Lipinski definition) is 7. The first kappa shape index (κ1) is 30.0. The maximum atomic E-state index is 14.0. The van der Waals surface area contributed by atoms with Crippen LogP contribution in [0.1, 0.15) is 71.3 Å². The van der Waals surface area contributed by atoms with Gasteiger partial charge in [-0.05, 0) is 54.0 Å². The first-order chi connectivity index (χ1) is 19.6. The SMILES string of the molecule is CC1(C)CC(=O)C2=C(C1)N(CCC(=O)O)C1=C(C(=O)CC(C)(C)C1)C2c1ccccc1OS(=O)(=O)c1ccc(Cl)cc1. The summed E-state index contributed by atoms with van der Waals surface area (Å²) in [5.41, 5.74) is 1.83. The summed E-state index contributed by atoms with van der Waals surface area (Å²) >= 11 is 5.95. The van der Waals surface area contributed by atoms with Crippen molar-refractivity contribution in [3.63, 3.8) is 0 Å². The number of aliphatic carboxylic acids is 1. The Morgan fingerprint density at radius 2 is 1.43 bits per heavy atom. The second-order valence-corrected chi connectivity index (χ2v) is 14.8. The predicted octanol–water partition coefficient (Wildman–Crippen LogP) is 6.27. The molecule has 0 fully saturated rings. The van der Waals surface area contributed by atoms with E-state index in [1.165, 1.54) is 30.3 Å². The van der Waals surface area contributed by atoms with Crippen molar-refractivity contribution in [3.8, 4) is 5.75 Å². The van der Waals surface area contributed by atoms with Crippen LogP contribution in [-0.4, -0.2) is 42.5 Å². The Balaban J connectivity index is 1.72. The monoisotopic (exact) mass is 611 g/mol. The van der Waals surface area contributed by atoms with Gasteiger partial charge < -0.3 is 14.2 Å². The fourth-order valence-corrected chi connectivity index (χ4v) is 7.48. The van der Waals surface area contributed by atoms with Crippen molar-refractivity contribution in [3.05, 3.63) is 81.7 Å². The Morgan fingerprint density at radius 1 is 0.905 bits per heavy atom. The summed E-state index contributed by atoms with van der Waals surface area (Å²) < 4.78 is 32.4. The van der Waals surface area contributed by atoms with Crippen LogP contribution in [0.4, 0.5) is 0 Å². The minimum Gasteiger partial charge on any atom is -0.481 e. The van der Waals surface area contributed by atoms with Gasteiger partial charge in [-0.2, -0.15) is 8.42 Å². The summed E-state index contributed by atoms with van der Waals surface area (Å²) in [6.07, 6.45) is 1.32. The van der Waals surface area contributed by atoms with Gasteiger partial charge in [-0.3, -0.25) is 14.4 Å². The Hall–Kier alpha value is -3.43. The molecule has 1 aliphatic heterocycles. The molecule has 1 N–H and O–H groups in total. The van der Waals surface area contributed by atoms with Gasteiger partial charge in [-0.1, -0.05) is 57.5 Å². The number of Topliss-reactive ketones (excluding diaryl/α,β-unsaturated/α-hetero) is 2. The largest absolute Gasteiger partial charge is 0.481 e. The zero-order valence-corrected chi connectivity index (χ0v) is 25.6. The van der Waals surface area contributed by atoms with Gasteiger partial charge >= 0.3 is 16.1 Å². The number of carboxylic acids is 1. The number of allylic oxidation sites excluding steroid dienone is 4. The lowest BCUT2D eigenvalue weighted by Gasteiger charge is -2.49. The van der Waals surface area contributed by atoms with Crippen LogP contribution in [0.15, 0.2) is 76.0 Å². The van der Waals surface area contributed by atoms with Crippen LogP contribution < -0.4 is 4.18 Å². The lowest BCUT2D eigenvalue weighted by molar-refractivity contribution is -0.137. The highest BCUT2D eigenvalue weighted by Crippen LogP contribution is 2.55. The molecule has 3 aliphatic rings.